The third kappa shape index (κ3) is 4.18. The first-order valence-electron chi connectivity index (χ1n) is 6.81. The summed E-state index contributed by atoms with van der Waals surface area (Å²) in [6.07, 6.45) is 7.43. The van der Waals surface area contributed by atoms with Gasteiger partial charge in [0.1, 0.15) is 5.60 Å². The number of carbonyl (C=O) groups excluding carboxylic acids is 1. The van der Waals surface area contributed by atoms with E-state index in [-0.39, 0.29) is 12.5 Å². The Morgan fingerprint density at radius 3 is 2.84 bits per heavy atom. The Morgan fingerprint density at radius 1 is 1.47 bits per heavy atom. The molecule has 1 atom stereocenters. The predicted molar refractivity (Wildman–Crippen MR) is 78.1 cm³/mol. The van der Waals surface area contributed by atoms with Gasteiger partial charge in [-0.3, -0.25) is 4.79 Å². The van der Waals surface area contributed by atoms with Crippen molar-refractivity contribution in [1.82, 2.24) is 5.32 Å². The summed E-state index contributed by atoms with van der Waals surface area (Å²) in [7, 11) is 0. The van der Waals surface area contributed by atoms with Gasteiger partial charge in [-0.25, -0.2) is 0 Å². The third-order valence-electron chi connectivity index (χ3n) is 3.49. The summed E-state index contributed by atoms with van der Waals surface area (Å²) >= 11 is 1.50. The molecule has 0 unspecified atom stereocenters. The molecule has 1 heterocycles. The second-order valence-electron chi connectivity index (χ2n) is 5.33. The maximum Gasteiger partial charge on any atom is 0.244 e. The first kappa shape index (κ1) is 14.3. The number of aliphatic hydroxyl groups is 1. The molecule has 1 amide bonds. The number of hydrogen-bond acceptors (Lipinski definition) is 3. The van der Waals surface area contributed by atoms with Gasteiger partial charge in [0, 0.05) is 11.0 Å². The highest BCUT2D eigenvalue weighted by Crippen LogP contribution is 2.25. The summed E-state index contributed by atoms with van der Waals surface area (Å²) in [4.78, 5) is 12.7. The summed E-state index contributed by atoms with van der Waals surface area (Å²) < 4.78 is 0. The minimum Gasteiger partial charge on any atom is -0.383 e. The van der Waals surface area contributed by atoms with Crippen LogP contribution in [-0.2, 0) is 10.4 Å². The van der Waals surface area contributed by atoms with Gasteiger partial charge in [-0.2, -0.15) is 0 Å². The monoisotopic (exact) mass is 279 g/mol. The van der Waals surface area contributed by atoms with E-state index in [1.165, 1.54) is 36.2 Å². The summed E-state index contributed by atoms with van der Waals surface area (Å²) in [6, 6.07) is 3.79. The van der Waals surface area contributed by atoms with Gasteiger partial charge in [-0.1, -0.05) is 18.1 Å². The Labute approximate surface area is 118 Å². The van der Waals surface area contributed by atoms with Crippen molar-refractivity contribution in [3.8, 4) is 0 Å². The van der Waals surface area contributed by atoms with Gasteiger partial charge >= 0.3 is 0 Å². The molecule has 0 radical (unpaired) electrons. The Hall–Kier alpha value is -1.13. The minimum absolute atomic E-state index is 0.0891. The number of thiophene rings is 1. The molecular formula is C15H21NO2S. The molecule has 2 rings (SSSR count). The average molecular weight is 279 g/mol. The van der Waals surface area contributed by atoms with Crippen LogP contribution in [0, 0.1) is 0 Å². The summed E-state index contributed by atoms with van der Waals surface area (Å²) in [5, 5.41) is 15.0. The van der Waals surface area contributed by atoms with E-state index < -0.39 is 5.60 Å². The maximum atomic E-state index is 11.8. The molecule has 0 saturated heterocycles. The normalized spacial score (nSPS) is 18.7. The van der Waals surface area contributed by atoms with Crippen molar-refractivity contribution < 1.29 is 9.90 Å². The molecule has 1 aliphatic rings. The molecule has 1 aliphatic carbocycles. The van der Waals surface area contributed by atoms with Gasteiger partial charge < -0.3 is 10.4 Å². The van der Waals surface area contributed by atoms with Crippen LogP contribution in [0.15, 0.2) is 29.2 Å². The fraction of sp³-hybridized carbons (Fsp3) is 0.533. The molecule has 0 aromatic carbocycles. The number of amides is 1. The highest BCUT2D eigenvalue weighted by Gasteiger charge is 2.24. The van der Waals surface area contributed by atoms with E-state index in [1.54, 1.807) is 13.0 Å². The molecule has 1 fully saturated rings. The Bertz CT molecular complexity index is 441. The molecule has 3 nitrogen and oxygen atoms in total. The first-order chi connectivity index (χ1) is 9.08. The van der Waals surface area contributed by atoms with E-state index in [1.807, 2.05) is 17.5 Å². The maximum absolute atomic E-state index is 11.8. The van der Waals surface area contributed by atoms with Crippen molar-refractivity contribution >= 4 is 17.2 Å². The lowest BCUT2D eigenvalue weighted by molar-refractivity contribution is -0.117. The SMILES string of the molecule is C[C@@](O)(CNC(=O)C=C1CCCCC1)c1cccs1. The molecule has 2 N–H and O–H groups in total. The van der Waals surface area contributed by atoms with Gasteiger partial charge in [-0.15, -0.1) is 11.3 Å². The van der Waals surface area contributed by atoms with Gasteiger partial charge in [0.05, 0.1) is 6.54 Å². The van der Waals surface area contributed by atoms with Gasteiger partial charge in [0.25, 0.3) is 0 Å². The van der Waals surface area contributed by atoms with Crippen molar-refractivity contribution in [2.24, 2.45) is 0 Å². The number of allylic oxidation sites excluding steroid dienone is 1. The molecule has 0 bridgehead atoms. The van der Waals surface area contributed by atoms with Gasteiger partial charge in [0.15, 0.2) is 0 Å². The van der Waals surface area contributed by atoms with Crippen molar-refractivity contribution in [3.05, 3.63) is 34.0 Å². The fourth-order valence-corrected chi connectivity index (χ4v) is 3.10. The quantitative estimate of drug-likeness (QED) is 0.833. The summed E-state index contributed by atoms with van der Waals surface area (Å²) in [6.45, 7) is 1.98. The van der Waals surface area contributed by atoms with Crippen LogP contribution in [0.4, 0.5) is 0 Å². The zero-order valence-corrected chi connectivity index (χ0v) is 12.1. The highest BCUT2D eigenvalue weighted by molar-refractivity contribution is 7.10. The lowest BCUT2D eigenvalue weighted by Gasteiger charge is -2.22. The molecule has 1 aromatic heterocycles. The van der Waals surface area contributed by atoms with E-state index in [2.05, 4.69) is 5.32 Å². The topological polar surface area (TPSA) is 49.3 Å². The second kappa shape index (κ2) is 6.35. The summed E-state index contributed by atoms with van der Waals surface area (Å²) in [5.74, 6) is -0.0891. The van der Waals surface area contributed by atoms with Crippen molar-refractivity contribution in [2.45, 2.75) is 44.6 Å². The lowest BCUT2D eigenvalue weighted by atomic mass is 9.94. The average Bonchev–Trinajstić information content (AvgIpc) is 2.92. The van der Waals surface area contributed by atoms with E-state index in [4.69, 9.17) is 0 Å². The van der Waals surface area contributed by atoms with E-state index in [9.17, 15) is 9.90 Å². The molecule has 104 valence electrons. The number of carbonyl (C=O) groups is 1. The zero-order chi connectivity index (χ0) is 13.7. The fourth-order valence-electron chi connectivity index (χ4n) is 2.32. The summed E-state index contributed by atoms with van der Waals surface area (Å²) in [5.41, 5.74) is 0.244. The van der Waals surface area contributed by atoms with Crippen LogP contribution < -0.4 is 5.32 Å². The highest BCUT2D eigenvalue weighted by atomic mass is 32.1. The molecule has 0 aliphatic heterocycles. The van der Waals surface area contributed by atoms with Crippen LogP contribution in [0.25, 0.3) is 0 Å². The van der Waals surface area contributed by atoms with E-state index in [0.717, 1.165) is 17.7 Å². The minimum atomic E-state index is -0.991. The Balaban J connectivity index is 1.86. The van der Waals surface area contributed by atoms with Crippen LogP contribution in [-0.4, -0.2) is 17.6 Å². The van der Waals surface area contributed by atoms with Crippen LogP contribution in [0.3, 0.4) is 0 Å². The first-order valence-corrected chi connectivity index (χ1v) is 7.69. The molecular weight excluding hydrogens is 258 g/mol. The predicted octanol–water partition coefficient (Wildman–Crippen LogP) is 2.96. The smallest absolute Gasteiger partial charge is 0.244 e. The van der Waals surface area contributed by atoms with Crippen molar-refractivity contribution in [1.29, 1.82) is 0 Å². The van der Waals surface area contributed by atoms with Gasteiger partial charge in [0.2, 0.25) is 5.91 Å². The molecule has 1 aromatic rings. The molecule has 19 heavy (non-hydrogen) atoms. The van der Waals surface area contributed by atoms with E-state index in [0.29, 0.717) is 0 Å². The van der Waals surface area contributed by atoms with Crippen molar-refractivity contribution in [2.75, 3.05) is 6.54 Å². The van der Waals surface area contributed by atoms with Crippen LogP contribution in [0.2, 0.25) is 0 Å². The third-order valence-corrected chi connectivity index (χ3v) is 4.61. The van der Waals surface area contributed by atoms with Crippen LogP contribution >= 0.6 is 11.3 Å². The van der Waals surface area contributed by atoms with E-state index >= 15 is 0 Å². The number of hydrogen-bond donors (Lipinski definition) is 2. The largest absolute Gasteiger partial charge is 0.383 e. The van der Waals surface area contributed by atoms with Crippen molar-refractivity contribution in [3.63, 3.8) is 0 Å². The Morgan fingerprint density at radius 2 is 2.21 bits per heavy atom. The van der Waals surface area contributed by atoms with Crippen LogP contribution in [0.5, 0.6) is 0 Å². The number of nitrogens with one attached hydrogen (secondary N) is 1. The zero-order valence-electron chi connectivity index (χ0n) is 11.3. The lowest BCUT2D eigenvalue weighted by Crippen LogP contribution is -2.37. The molecule has 1 saturated carbocycles. The molecule has 4 heteroatoms. The Kier molecular flexibility index (Phi) is 4.77. The molecule has 0 spiro atoms. The number of rotatable bonds is 4. The van der Waals surface area contributed by atoms with Gasteiger partial charge in [-0.05, 0) is 44.1 Å². The standard InChI is InChI=1S/C15H21NO2S/c1-15(18,13-8-5-9-19-13)11-16-14(17)10-12-6-3-2-4-7-12/h5,8-10,18H,2-4,6-7,11H2,1H3,(H,16,17)/t15-/m1/s1. The van der Waals surface area contributed by atoms with Crippen LogP contribution in [0.1, 0.15) is 43.9 Å². The second-order valence-corrected chi connectivity index (χ2v) is 6.28.